The summed E-state index contributed by atoms with van der Waals surface area (Å²) in [5.41, 5.74) is 1.17. The Hall–Kier alpha value is -0.670. The van der Waals surface area contributed by atoms with Crippen molar-refractivity contribution in [2.75, 3.05) is 0 Å². The fourth-order valence-electron chi connectivity index (χ4n) is 3.21. The highest BCUT2D eigenvalue weighted by Crippen LogP contribution is 2.63. The van der Waals surface area contributed by atoms with Crippen molar-refractivity contribution >= 4 is 7.67 Å². The molecular weight excluding hydrogens is 295 g/mol. The molecule has 0 bridgehead atoms. The molecule has 3 unspecified atom stereocenters. The van der Waals surface area contributed by atoms with E-state index in [1.54, 1.807) is 0 Å². The predicted octanol–water partition coefficient (Wildman–Crippen LogP) is 4.52. The Balaban J connectivity index is 2.37. The summed E-state index contributed by atoms with van der Waals surface area (Å²) in [5, 5.41) is 0. The zero-order valence-corrected chi connectivity index (χ0v) is 15.5. The van der Waals surface area contributed by atoms with Gasteiger partial charge in [0.15, 0.2) is 0 Å². The van der Waals surface area contributed by atoms with Crippen LogP contribution in [0.1, 0.15) is 47.1 Å². The molecule has 1 aromatic carbocycles. The van der Waals surface area contributed by atoms with Crippen molar-refractivity contribution in [3.05, 3.63) is 35.9 Å². The van der Waals surface area contributed by atoms with Crippen molar-refractivity contribution in [3.63, 3.8) is 0 Å². The Bertz CT molecular complexity index is 525. The van der Waals surface area contributed by atoms with Crippen LogP contribution >= 0.6 is 7.67 Å². The van der Waals surface area contributed by atoms with E-state index in [1.807, 2.05) is 29.8 Å². The van der Waals surface area contributed by atoms with Crippen molar-refractivity contribution in [1.29, 1.82) is 0 Å². The van der Waals surface area contributed by atoms with Gasteiger partial charge < -0.3 is 4.52 Å². The van der Waals surface area contributed by atoms with Crippen LogP contribution in [0.25, 0.3) is 0 Å². The summed E-state index contributed by atoms with van der Waals surface area (Å²) in [5.74, 6) is 0. The second kappa shape index (κ2) is 6.84. The highest BCUT2D eigenvalue weighted by molar-refractivity contribution is 7.54. The number of benzene rings is 1. The first-order chi connectivity index (χ1) is 10.3. The van der Waals surface area contributed by atoms with Crippen LogP contribution in [0.2, 0.25) is 0 Å². The van der Waals surface area contributed by atoms with Gasteiger partial charge >= 0.3 is 7.67 Å². The molecule has 0 spiro atoms. The summed E-state index contributed by atoms with van der Waals surface area (Å²) in [4.78, 5) is 0. The van der Waals surface area contributed by atoms with Crippen molar-refractivity contribution in [3.8, 4) is 0 Å². The van der Waals surface area contributed by atoms with Gasteiger partial charge in [-0.3, -0.25) is 4.57 Å². The van der Waals surface area contributed by atoms with Crippen LogP contribution in [0.15, 0.2) is 30.3 Å². The summed E-state index contributed by atoms with van der Waals surface area (Å²) in [7, 11) is -3.01. The molecule has 1 aromatic rings. The standard InChI is InChI=1S/C17H29N2O2P/c1-13(2)19(14(3)4)22(20)18(15(5)16(6)21-22)12-17-10-8-7-9-11-17/h7-11,13-16H,12H2,1-6H3. The molecule has 1 saturated heterocycles. The lowest BCUT2D eigenvalue weighted by molar-refractivity contribution is 0.191. The fraction of sp³-hybridized carbons (Fsp3) is 0.647. The van der Waals surface area contributed by atoms with Gasteiger partial charge in [0.25, 0.3) is 0 Å². The van der Waals surface area contributed by atoms with Crippen molar-refractivity contribution in [2.24, 2.45) is 0 Å². The molecule has 0 aromatic heterocycles. The molecule has 0 aliphatic carbocycles. The predicted molar refractivity (Wildman–Crippen MR) is 91.7 cm³/mol. The van der Waals surface area contributed by atoms with E-state index in [0.717, 1.165) is 0 Å². The van der Waals surface area contributed by atoms with Crippen molar-refractivity contribution in [1.82, 2.24) is 9.34 Å². The minimum Gasteiger partial charge on any atom is -0.301 e. The molecule has 0 radical (unpaired) electrons. The van der Waals surface area contributed by atoms with Gasteiger partial charge in [0.1, 0.15) is 0 Å². The molecule has 0 N–H and O–H groups in total. The van der Waals surface area contributed by atoms with Crippen LogP contribution < -0.4 is 0 Å². The summed E-state index contributed by atoms with van der Waals surface area (Å²) in [6, 6.07) is 10.7. The smallest absolute Gasteiger partial charge is 0.301 e. The van der Waals surface area contributed by atoms with E-state index < -0.39 is 7.67 Å². The van der Waals surface area contributed by atoms with Crippen LogP contribution in [-0.4, -0.2) is 33.6 Å². The number of hydrogen-bond donors (Lipinski definition) is 0. The number of nitrogens with zero attached hydrogens (tertiary/aromatic N) is 2. The molecule has 124 valence electrons. The first-order valence-corrected chi connectivity index (χ1v) is 9.68. The van der Waals surface area contributed by atoms with Gasteiger partial charge in [-0.15, -0.1) is 0 Å². The second-order valence-corrected chi connectivity index (χ2v) is 8.86. The topological polar surface area (TPSA) is 32.8 Å². The van der Waals surface area contributed by atoms with Gasteiger partial charge in [0, 0.05) is 24.7 Å². The summed E-state index contributed by atoms with van der Waals surface area (Å²) < 4.78 is 23.9. The summed E-state index contributed by atoms with van der Waals surface area (Å²) in [6.45, 7) is 13.1. The highest BCUT2D eigenvalue weighted by Gasteiger charge is 2.51. The van der Waals surface area contributed by atoms with E-state index in [9.17, 15) is 4.57 Å². The maximum atomic E-state index is 13.8. The number of hydrogen-bond acceptors (Lipinski definition) is 2. The first kappa shape index (κ1) is 17.7. The zero-order chi connectivity index (χ0) is 16.5. The average Bonchev–Trinajstić information content (AvgIpc) is 2.63. The lowest BCUT2D eigenvalue weighted by Crippen LogP contribution is -2.39. The Labute approximate surface area is 135 Å². The van der Waals surface area contributed by atoms with Gasteiger partial charge in [0.2, 0.25) is 0 Å². The quantitative estimate of drug-likeness (QED) is 0.745. The molecule has 5 heteroatoms. The van der Waals surface area contributed by atoms with E-state index in [-0.39, 0.29) is 24.2 Å². The van der Waals surface area contributed by atoms with Gasteiger partial charge in [-0.25, -0.2) is 9.34 Å². The second-order valence-electron chi connectivity index (χ2n) is 6.69. The molecule has 22 heavy (non-hydrogen) atoms. The molecule has 1 fully saturated rings. The lowest BCUT2D eigenvalue weighted by Gasteiger charge is -2.39. The summed E-state index contributed by atoms with van der Waals surface area (Å²) >= 11 is 0. The minimum absolute atomic E-state index is 0.0328. The third-order valence-corrected chi connectivity index (χ3v) is 7.58. The normalized spacial score (nSPS) is 29.9. The maximum Gasteiger partial charge on any atom is 0.347 e. The van der Waals surface area contributed by atoms with E-state index in [4.69, 9.17) is 4.52 Å². The Morgan fingerprint density at radius 3 is 2.18 bits per heavy atom. The van der Waals surface area contributed by atoms with Gasteiger partial charge in [-0.1, -0.05) is 30.3 Å². The first-order valence-electron chi connectivity index (χ1n) is 8.15. The van der Waals surface area contributed by atoms with E-state index >= 15 is 0 Å². The van der Waals surface area contributed by atoms with Gasteiger partial charge in [0.05, 0.1) is 6.10 Å². The Morgan fingerprint density at radius 1 is 1.14 bits per heavy atom. The highest BCUT2D eigenvalue weighted by atomic mass is 31.2. The molecule has 2 rings (SSSR count). The van der Waals surface area contributed by atoms with Crippen LogP contribution in [0.5, 0.6) is 0 Å². The third-order valence-electron chi connectivity index (χ3n) is 4.32. The van der Waals surface area contributed by atoms with E-state index in [1.165, 1.54) is 5.56 Å². The van der Waals surface area contributed by atoms with E-state index in [2.05, 4.69) is 51.4 Å². The van der Waals surface area contributed by atoms with Crippen LogP contribution in [0.4, 0.5) is 0 Å². The van der Waals surface area contributed by atoms with Gasteiger partial charge in [-0.05, 0) is 47.1 Å². The Kier molecular flexibility index (Phi) is 5.50. The van der Waals surface area contributed by atoms with Crippen LogP contribution in [-0.2, 0) is 15.6 Å². The fourth-order valence-corrected chi connectivity index (χ4v) is 6.47. The maximum absolute atomic E-state index is 13.8. The van der Waals surface area contributed by atoms with E-state index in [0.29, 0.717) is 6.54 Å². The molecule has 4 nitrogen and oxygen atoms in total. The molecule has 1 heterocycles. The summed E-state index contributed by atoms with van der Waals surface area (Å²) in [6.07, 6.45) is -0.0328. The molecule has 3 atom stereocenters. The Morgan fingerprint density at radius 2 is 1.68 bits per heavy atom. The molecule has 1 aliphatic rings. The van der Waals surface area contributed by atoms with Crippen LogP contribution in [0.3, 0.4) is 0 Å². The van der Waals surface area contributed by atoms with Gasteiger partial charge in [-0.2, -0.15) is 0 Å². The monoisotopic (exact) mass is 324 g/mol. The lowest BCUT2D eigenvalue weighted by atomic mass is 10.2. The van der Waals surface area contributed by atoms with Crippen molar-refractivity contribution in [2.45, 2.75) is 72.3 Å². The van der Waals surface area contributed by atoms with Crippen LogP contribution in [0, 0.1) is 0 Å². The molecular formula is C17H29N2O2P. The number of rotatable bonds is 5. The largest absolute Gasteiger partial charge is 0.347 e. The van der Waals surface area contributed by atoms with Crippen molar-refractivity contribution < 1.29 is 9.09 Å². The SMILES string of the molecule is CC1OP(=O)(N(C(C)C)C(C)C)N(Cc2ccccc2)C1C. The molecule has 1 aliphatic heterocycles. The average molecular weight is 324 g/mol. The zero-order valence-electron chi connectivity index (χ0n) is 14.6. The minimum atomic E-state index is -3.01. The molecule has 0 saturated carbocycles. The third kappa shape index (κ3) is 3.30. The molecule has 0 amide bonds.